The van der Waals surface area contributed by atoms with Gasteiger partial charge in [-0.15, -0.1) is 0 Å². The van der Waals surface area contributed by atoms with Crippen molar-refractivity contribution in [1.82, 2.24) is 0 Å². The first-order valence-corrected chi connectivity index (χ1v) is 5.18. The second-order valence-electron chi connectivity index (χ2n) is 4.64. The summed E-state index contributed by atoms with van der Waals surface area (Å²) in [4.78, 5) is 11.4. The van der Waals surface area contributed by atoms with Crippen molar-refractivity contribution in [3.63, 3.8) is 0 Å². The summed E-state index contributed by atoms with van der Waals surface area (Å²) in [6.45, 7) is 5.52. The summed E-state index contributed by atoms with van der Waals surface area (Å²) in [6, 6.07) is 5.67. The van der Waals surface area contributed by atoms with Gasteiger partial charge in [-0.25, -0.2) is 4.79 Å². The van der Waals surface area contributed by atoms with Gasteiger partial charge in [0, 0.05) is 11.6 Å². The normalized spacial score (nSPS) is 13.2. The molecule has 84 valence electrons. The Bertz CT molecular complexity index is 453. The number of para-hydroxylation sites is 1. The first kappa shape index (κ1) is 10.7. The Morgan fingerprint density at radius 2 is 2.12 bits per heavy atom. The van der Waals surface area contributed by atoms with Crippen molar-refractivity contribution in [2.75, 3.05) is 0 Å². The molecule has 0 unspecified atom stereocenters. The molecule has 1 aliphatic rings. The lowest BCUT2D eigenvalue weighted by Gasteiger charge is -2.17. The molecular weight excluding hydrogens is 204 g/mol. The molecule has 0 fully saturated rings. The van der Waals surface area contributed by atoms with Gasteiger partial charge in [-0.05, 0) is 32.9 Å². The fraction of sp³-hybridized carbons (Fsp3) is 0.308. The Balaban J connectivity index is 2.01. The molecule has 3 heteroatoms. The highest BCUT2D eigenvalue weighted by atomic mass is 16.6. The molecule has 0 saturated heterocycles. The molecule has 1 heterocycles. The van der Waals surface area contributed by atoms with Crippen LogP contribution in [0.5, 0.6) is 11.5 Å². The van der Waals surface area contributed by atoms with Gasteiger partial charge in [0.2, 0.25) is 0 Å². The first-order valence-electron chi connectivity index (χ1n) is 5.18. The smallest absolute Gasteiger partial charge is 0.331 e. The van der Waals surface area contributed by atoms with Crippen LogP contribution in [0.4, 0.5) is 0 Å². The van der Waals surface area contributed by atoms with Gasteiger partial charge in [0.1, 0.15) is 5.60 Å². The highest BCUT2D eigenvalue weighted by molar-refractivity contribution is 5.88. The highest BCUT2D eigenvalue weighted by Gasteiger charge is 2.22. The van der Waals surface area contributed by atoms with E-state index in [-0.39, 0.29) is 5.97 Å². The predicted molar refractivity (Wildman–Crippen MR) is 61.4 cm³/mol. The number of hydrogen-bond acceptors (Lipinski definition) is 3. The molecule has 3 nitrogen and oxygen atoms in total. The Morgan fingerprint density at radius 3 is 2.81 bits per heavy atom. The van der Waals surface area contributed by atoms with Gasteiger partial charge in [0.15, 0.2) is 11.5 Å². The number of benzene rings is 1. The number of hydrogen-bond donors (Lipinski definition) is 0. The van der Waals surface area contributed by atoms with Gasteiger partial charge in [-0.2, -0.15) is 0 Å². The summed E-state index contributed by atoms with van der Waals surface area (Å²) in [5.74, 6) is 1.39. The average Bonchev–Trinajstić information content (AvgIpc) is 2.90. The lowest BCUT2D eigenvalue weighted by molar-refractivity contribution is -0.148. The highest BCUT2D eigenvalue weighted by Crippen LogP contribution is 2.48. The van der Waals surface area contributed by atoms with E-state index in [0.29, 0.717) is 0 Å². The fourth-order valence-electron chi connectivity index (χ4n) is 1.34. The van der Waals surface area contributed by atoms with Crippen LogP contribution in [0, 0.1) is 0 Å². The van der Waals surface area contributed by atoms with Gasteiger partial charge in [0.25, 0.3) is 0 Å². The number of esters is 1. The quantitative estimate of drug-likeness (QED) is 0.441. The van der Waals surface area contributed by atoms with E-state index < -0.39 is 5.60 Å². The van der Waals surface area contributed by atoms with E-state index in [1.54, 1.807) is 6.08 Å². The zero-order valence-electron chi connectivity index (χ0n) is 9.61. The number of ether oxygens (including phenoxy) is 2. The molecule has 0 atom stereocenters. The zero-order chi connectivity index (χ0) is 11.8. The first-order chi connectivity index (χ1) is 7.46. The van der Waals surface area contributed by atoms with Gasteiger partial charge in [-0.3, -0.25) is 0 Å². The molecule has 0 spiro atoms. The third-order valence-electron chi connectivity index (χ3n) is 1.99. The average molecular weight is 218 g/mol. The molecule has 1 aliphatic heterocycles. The second-order valence-corrected chi connectivity index (χ2v) is 4.64. The van der Waals surface area contributed by atoms with Crippen LogP contribution in [0.2, 0.25) is 0 Å². The largest absolute Gasteiger partial charge is 0.457 e. The van der Waals surface area contributed by atoms with Crippen molar-refractivity contribution in [2.24, 2.45) is 0 Å². The third-order valence-corrected chi connectivity index (χ3v) is 1.99. The minimum Gasteiger partial charge on any atom is -0.457 e. The SMILES string of the molecule is CC(C)(C)OC(=O)/C=C/c1cccc2c1O2. The van der Waals surface area contributed by atoms with Gasteiger partial charge >= 0.3 is 5.97 Å². The maximum Gasteiger partial charge on any atom is 0.331 e. The molecular formula is C13H14O3. The van der Waals surface area contributed by atoms with E-state index in [4.69, 9.17) is 9.47 Å². The van der Waals surface area contributed by atoms with E-state index in [1.807, 2.05) is 39.0 Å². The molecule has 0 radical (unpaired) electrons. The van der Waals surface area contributed by atoms with Crippen molar-refractivity contribution in [3.05, 3.63) is 29.8 Å². The molecule has 16 heavy (non-hydrogen) atoms. The molecule has 1 aromatic carbocycles. The lowest BCUT2D eigenvalue weighted by atomic mass is 10.2. The Morgan fingerprint density at radius 1 is 1.38 bits per heavy atom. The van der Waals surface area contributed by atoms with Crippen LogP contribution in [0.1, 0.15) is 26.3 Å². The Hall–Kier alpha value is -1.77. The van der Waals surface area contributed by atoms with Crippen LogP contribution < -0.4 is 4.74 Å². The monoisotopic (exact) mass is 218 g/mol. The van der Waals surface area contributed by atoms with Crippen molar-refractivity contribution >= 4 is 12.0 Å². The number of carbonyl (C=O) groups is 1. The van der Waals surface area contributed by atoms with Crippen LogP contribution in [-0.4, -0.2) is 11.6 Å². The summed E-state index contributed by atoms with van der Waals surface area (Å²) in [7, 11) is 0. The maximum atomic E-state index is 11.4. The minimum atomic E-state index is -0.456. The summed E-state index contributed by atoms with van der Waals surface area (Å²) in [6.07, 6.45) is 3.13. The Kier molecular flexibility index (Phi) is 2.46. The van der Waals surface area contributed by atoms with Gasteiger partial charge in [0.05, 0.1) is 0 Å². The topological polar surface area (TPSA) is 38.8 Å². The minimum absolute atomic E-state index is 0.342. The summed E-state index contributed by atoms with van der Waals surface area (Å²) in [5, 5.41) is 0. The maximum absolute atomic E-state index is 11.4. The molecule has 0 saturated carbocycles. The van der Waals surface area contributed by atoms with E-state index in [1.165, 1.54) is 6.08 Å². The van der Waals surface area contributed by atoms with Crippen LogP contribution in [0.25, 0.3) is 6.08 Å². The standard InChI is InChI=1S/C13H14O3/c1-13(2,3)16-11(14)8-7-9-5-4-6-10-12(9)15-10/h4-8H,1-3H3/b8-7+. The second kappa shape index (κ2) is 3.67. The molecule has 0 N–H and O–H groups in total. The van der Waals surface area contributed by atoms with Gasteiger partial charge < -0.3 is 9.47 Å². The van der Waals surface area contributed by atoms with Gasteiger partial charge in [-0.1, -0.05) is 12.1 Å². The number of fused-ring (bicyclic) bond motifs is 1. The molecule has 0 aromatic heterocycles. The van der Waals surface area contributed by atoms with Crippen molar-refractivity contribution in [2.45, 2.75) is 26.4 Å². The zero-order valence-corrected chi connectivity index (χ0v) is 9.61. The lowest BCUT2D eigenvalue weighted by Crippen LogP contribution is -2.22. The van der Waals surface area contributed by atoms with Crippen molar-refractivity contribution < 1.29 is 14.3 Å². The van der Waals surface area contributed by atoms with Crippen LogP contribution in [0.15, 0.2) is 24.3 Å². The number of carbonyl (C=O) groups excluding carboxylic acids is 1. The van der Waals surface area contributed by atoms with Crippen LogP contribution in [0.3, 0.4) is 0 Å². The number of rotatable bonds is 2. The summed E-state index contributed by atoms with van der Waals surface area (Å²) >= 11 is 0. The van der Waals surface area contributed by atoms with Crippen LogP contribution in [-0.2, 0) is 9.53 Å². The molecule has 2 rings (SSSR count). The van der Waals surface area contributed by atoms with E-state index in [2.05, 4.69) is 0 Å². The molecule has 1 aromatic rings. The fourth-order valence-corrected chi connectivity index (χ4v) is 1.34. The third kappa shape index (κ3) is 2.63. The summed E-state index contributed by atoms with van der Waals surface area (Å²) < 4.78 is 10.3. The van der Waals surface area contributed by atoms with Crippen molar-refractivity contribution in [1.29, 1.82) is 0 Å². The Labute approximate surface area is 94.7 Å². The predicted octanol–water partition coefficient (Wildman–Crippen LogP) is 3.15. The molecule has 0 bridgehead atoms. The van der Waals surface area contributed by atoms with E-state index in [0.717, 1.165) is 17.1 Å². The summed E-state index contributed by atoms with van der Waals surface area (Å²) in [5.41, 5.74) is 0.450. The van der Waals surface area contributed by atoms with Crippen molar-refractivity contribution in [3.8, 4) is 11.5 Å². The molecule has 0 amide bonds. The van der Waals surface area contributed by atoms with E-state index >= 15 is 0 Å². The van der Waals surface area contributed by atoms with Crippen LogP contribution >= 0.6 is 0 Å². The molecule has 0 aliphatic carbocycles. The van der Waals surface area contributed by atoms with E-state index in [9.17, 15) is 4.79 Å².